The van der Waals surface area contributed by atoms with Gasteiger partial charge in [0.25, 0.3) is 5.89 Å². The number of carbonyl (C=O) groups is 1. The smallest absolute Gasteiger partial charge is 0.322 e. The minimum Gasteiger partial charge on any atom is -0.467 e. The molecule has 2 amide bonds. The zero-order valence-corrected chi connectivity index (χ0v) is 18.2. The van der Waals surface area contributed by atoms with Crippen molar-refractivity contribution in [2.45, 2.75) is 19.5 Å². The van der Waals surface area contributed by atoms with Gasteiger partial charge in [-0.3, -0.25) is 4.90 Å². The van der Waals surface area contributed by atoms with E-state index in [1.165, 1.54) is 17.0 Å². The van der Waals surface area contributed by atoms with Crippen molar-refractivity contribution >= 4 is 23.2 Å². The molecule has 1 N–H and O–H groups in total. The molecule has 3 heterocycles. The van der Waals surface area contributed by atoms with Gasteiger partial charge in [0.2, 0.25) is 5.82 Å². The van der Waals surface area contributed by atoms with E-state index in [1.54, 1.807) is 55.7 Å². The molecular formula is C24H18ClFN4O3. The molecule has 0 saturated heterocycles. The fraction of sp³-hybridized carbons (Fsp3) is 0.125. The molecule has 4 aromatic rings. The first-order chi connectivity index (χ1) is 16.0. The lowest BCUT2D eigenvalue weighted by molar-refractivity contribution is 0.199. The fourth-order valence-corrected chi connectivity index (χ4v) is 3.98. The molecule has 1 atom stereocenters. The van der Waals surface area contributed by atoms with Gasteiger partial charge < -0.3 is 14.3 Å². The predicted molar refractivity (Wildman–Crippen MR) is 119 cm³/mol. The highest BCUT2D eigenvalue weighted by Gasteiger charge is 2.36. The lowest BCUT2D eigenvalue weighted by Crippen LogP contribution is -2.45. The van der Waals surface area contributed by atoms with E-state index in [-0.39, 0.29) is 24.3 Å². The molecule has 2 aromatic heterocycles. The molecule has 0 bridgehead atoms. The van der Waals surface area contributed by atoms with E-state index in [4.69, 9.17) is 20.5 Å². The van der Waals surface area contributed by atoms with Crippen molar-refractivity contribution in [3.63, 3.8) is 0 Å². The number of urea groups is 1. The van der Waals surface area contributed by atoms with Crippen molar-refractivity contribution in [2.24, 2.45) is 0 Å². The van der Waals surface area contributed by atoms with Gasteiger partial charge in [0.15, 0.2) is 0 Å². The van der Waals surface area contributed by atoms with E-state index < -0.39 is 6.04 Å². The highest BCUT2D eigenvalue weighted by molar-refractivity contribution is 6.30. The summed E-state index contributed by atoms with van der Waals surface area (Å²) in [7, 11) is 0. The van der Waals surface area contributed by atoms with Crippen LogP contribution in [0, 0.1) is 5.82 Å². The van der Waals surface area contributed by atoms with Crippen molar-refractivity contribution in [3.05, 3.63) is 101 Å². The number of aromatic nitrogens is 2. The van der Waals surface area contributed by atoms with Crippen LogP contribution in [0.3, 0.4) is 0 Å². The minimum absolute atomic E-state index is 0.222. The Balaban J connectivity index is 1.60. The van der Waals surface area contributed by atoms with Gasteiger partial charge in [-0.1, -0.05) is 41.0 Å². The quantitative estimate of drug-likeness (QED) is 0.402. The number of halogens is 2. The van der Waals surface area contributed by atoms with E-state index in [1.807, 2.05) is 6.07 Å². The first-order valence-corrected chi connectivity index (χ1v) is 10.5. The van der Waals surface area contributed by atoms with Gasteiger partial charge in [-0.2, -0.15) is 4.98 Å². The summed E-state index contributed by atoms with van der Waals surface area (Å²) in [4.78, 5) is 19.1. The zero-order chi connectivity index (χ0) is 22.9. The van der Waals surface area contributed by atoms with Crippen LogP contribution >= 0.6 is 11.6 Å². The van der Waals surface area contributed by atoms with Crippen molar-refractivity contribution in [2.75, 3.05) is 0 Å². The number of rotatable bonds is 5. The van der Waals surface area contributed by atoms with Gasteiger partial charge in [-0.25, -0.2) is 9.18 Å². The highest BCUT2D eigenvalue weighted by atomic mass is 35.5. The molecule has 0 saturated carbocycles. The molecule has 9 heteroatoms. The van der Waals surface area contributed by atoms with E-state index in [2.05, 4.69) is 15.5 Å². The summed E-state index contributed by atoms with van der Waals surface area (Å²) in [5.74, 6) is 0.847. The summed E-state index contributed by atoms with van der Waals surface area (Å²) in [5.41, 5.74) is 2.60. The molecule has 5 rings (SSSR count). The monoisotopic (exact) mass is 464 g/mol. The maximum absolute atomic E-state index is 13.6. The van der Waals surface area contributed by atoms with Crippen LogP contribution in [0.5, 0.6) is 0 Å². The van der Waals surface area contributed by atoms with Crippen LogP contribution in [0.4, 0.5) is 9.18 Å². The summed E-state index contributed by atoms with van der Waals surface area (Å²) < 4.78 is 24.6. The molecule has 0 aliphatic carbocycles. The second-order valence-corrected chi connectivity index (χ2v) is 7.97. The Morgan fingerprint density at radius 2 is 1.97 bits per heavy atom. The number of hydrogen-bond acceptors (Lipinski definition) is 5. The molecule has 2 aromatic carbocycles. The molecule has 7 nitrogen and oxygen atoms in total. The van der Waals surface area contributed by atoms with Crippen LogP contribution in [0.15, 0.2) is 81.6 Å². The first-order valence-electron chi connectivity index (χ1n) is 10.2. The number of allylic oxidation sites excluding steroid dienone is 1. The molecular weight excluding hydrogens is 447 g/mol. The zero-order valence-electron chi connectivity index (χ0n) is 17.5. The highest BCUT2D eigenvalue weighted by Crippen LogP contribution is 2.38. The Morgan fingerprint density at radius 3 is 2.70 bits per heavy atom. The normalized spacial score (nSPS) is 16.3. The third kappa shape index (κ3) is 4.12. The maximum atomic E-state index is 13.6. The third-order valence-electron chi connectivity index (χ3n) is 5.43. The Hall–Kier alpha value is -3.91. The summed E-state index contributed by atoms with van der Waals surface area (Å²) in [5, 5.41) is 7.63. The molecule has 1 unspecified atom stereocenters. The van der Waals surface area contributed by atoms with Crippen LogP contribution in [0.2, 0.25) is 5.02 Å². The Kier molecular flexibility index (Phi) is 5.43. The first kappa shape index (κ1) is 21.0. The van der Waals surface area contributed by atoms with Crippen LogP contribution in [-0.4, -0.2) is 21.1 Å². The Morgan fingerprint density at radius 1 is 1.15 bits per heavy atom. The van der Waals surface area contributed by atoms with Crippen molar-refractivity contribution in [1.29, 1.82) is 0 Å². The molecule has 0 spiro atoms. The van der Waals surface area contributed by atoms with Crippen LogP contribution in [-0.2, 0) is 6.54 Å². The summed E-state index contributed by atoms with van der Waals surface area (Å²) in [6.07, 6.45) is 1.55. The molecule has 1 aliphatic heterocycles. The van der Waals surface area contributed by atoms with E-state index >= 15 is 0 Å². The van der Waals surface area contributed by atoms with Gasteiger partial charge in [0, 0.05) is 16.3 Å². The van der Waals surface area contributed by atoms with Gasteiger partial charge >= 0.3 is 6.03 Å². The Labute approximate surface area is 193 Å². The van der Waals surface area contributed by atoms with Crippen LogP contribution < -0.4 is 5.32 Å². The Bertz CT molecular complexity index is 1330. The molecule has 1 aliphatic rings. The van der Waals surface area contributed by atoms with Gasteiger partial charge in [-0.15, -0.1) is 0 Å². The van der Waals surface area contributed by atoms with E-state index in [0.29, 0.717) is 39.0 Å². The number of benzene rings is 2. The molecule has 0 fully saturated rings. The maximum Gasteiger partial charge on any atom is 0.322 e. The van der Waals surface area contributed by atoms with Crippen molar-refractivity contribution < 1.29 is 18.1 Å². The van der Waals surface area contributed by atoms with Crippen LogP contribution in [0.1, 0.15) is 30.2 Å². The average Bonchev–Trinajstić information content (AvgIpc) is 3.49. The number of carbonyl (C=O) groups excluding carboxylic acids is 1. The molecule has 0 radical (unpaired) electrons. The SMILES string of the molecule is CC1=C(c2nc(-c3cccc(Cl)c3)no2)C(c2ccc(F)cc2)NC(=O)N1Cc1ccco1. The second kappa shape index (κ2) is 8.55. The lowest BCUT2D eigenvalue weighted by atomic mass is 9.94. The number of nitrogens with one attached hydrogen (secondary N) is 1. The van der Waals surface area contributed by atoms with Gasteiger partial charge in [0.1, 0.15) is 11.6 Å². The number of nitrogens with zero attached hydrogens (tertiary/aromatic N) is 3. The standard InChI is InChI=1S/C24H18ClFN4O3/c1-14-20(23-28-22(29-33-23)16-4-2-5-17(25)12-16)21(15-7-9-18(26)10-8-15)27-24(31)30(14)13-19-6-3-11-32-19/h2-12,21H,13H2,1H3,(H,27,31). The number of amides is 2. The predicted octanol–water partition coefficient (Wildman–Crippen LogP) is 5.82. The topological polar surface area (TPSA) is 84.4 Å². The van der Waals surface area contributed by atoms with Crippen LogP contribution in [0.25, 0.3) is 17.0 Å². The third-order valence-corrected chi connectivity index (χ3v) is 5.67. The summed E-state index contributed by atoms with van der Waals surface area (Å²) in [6, 6.07) is 15.6. The number of furan rings is 1. The van der Waals surface area contributed by atoms with Crippen molar-refractivity contribution in [3.8, 4) is 11.4 Å². The summed E-state index contributed by atoms with van der Waals surface area (Å²) in [6.45, 7) is 2.02. The largest absolute Gasteiger partial charge is 0.467 e. The fourth-order valence-electron chi connectivity index (χ4n) is 3.79. The number of hydrogen-bond donors (Lipinski definition) is 1. The second-order valence-electron chi connectivity index (χ2n) is 7.53. The molecule has 33 heavy (non-hydrogen) atoms. The van der Waals surface area contributed by atoms with Gasteiger partial charge in [-0.05, 0) is 48.9 Å². The van der Waals surface area contributed by atoms with Gasteiger partial charge in [0.05, 0.1) is 24.4 Å². The van der Waals surface area contributed by atoms with Crippen molar-refractivity contribution in [1.82, 2.24) is 20.4 Å². The van der Waals surface area contributed by atoms with E-state index in [0.717, 1.165) is 0 Å². The lowest BCUT2D eigenvalue weighted by Gasteiger charge is -2.34. The minimum atomic E-state index is -0.612. The molecule has 166 valence electrons. The summed E-state index contributed by atoms with van der Waals surface area (Å²) >= 11 is 6.10. The van der Waals surface area contributed by atoms with E-state index in [9.17, 15) is 9.18 Å². The average molecular weight is 465 g/mol.